The maximum Gasteiger partial charge on any atom is 1.00 e. The summed E-state index contributed by atoms with van der Waals surface area (Å²) >= 11 is 0. The summed E-state index contributed by atoms with van der Waals surface area (Å²) in [6.07, 6.45) is 25.5. The predicted octanol–water partition coefficient (Wildman–Crippen LogP) is 6.57. The van der Waals surface area contributed by atoms with Crippen molar-refractivity contribution in [3.8, 4) is 6.07 Å². The second kappa shape index (κ2) is 32.1. The third-order valence-electron chi connectivity index (χ3n) is 10.7. The van der Waals surface area contributed by atoms with Crippen molar-refractivity contribution in [3.05, 3.63) is 115 Å². The number of benzene rings is 2. The van der Waals surface area contributed by atoms with Gasteiger partial charge in [0.15, 0.2) is 0 Å². The zero-order chi connectivity index (χ0) is 45.1. The smallest absolute Gasteiger partial charge is 0.512 e. The van der Waals surface area contributed by atoms with Crippen LogP contribution in [0.25, 0.3) is 0 Å². The monoisotopic (exact) mass is 908 g/mol. The van der Waals surface area contributed by atoms with E-state index in [9.17, 15) is 16.8 Å². The molecule has 2 aromatic carbocycles. The van der Waals surface area contributed by atoms with E-state index in [1.165, 1.54) is 31.4 Å². The van der Waals surface area contributed by atoms with Gasteiger partial charge in [-0.2, -0.15) is 13.7 Å². The standard InChI is InChI=1S/C15H20O3S.C9H13N.C8H14O.C7H7ClO2S.C7H12O2.CN.Na/c1-3-13-6-7-14(10-13)11-18-19(16,17)15-8-4-12(2)5-9-15;1-2-8-3-4-9(7-8)5-6-10;1-2-7-3-4-8(5-7)6-9;1-6-2-4-7(5-3-6)11(8,9)10;8-4-6-1-2-7(3-6)5-9;1-2;/h4-9,13-14H,3,10-11H2,1-2H3;3-4,8-9H,2,5,7H2,1H3;3-4,7-9H,2,5-6H2,1H3;2-5H,1H3;1-2,6-9H,3-5H2;;/q;;;;;-1;+1. The van der Waals surface area contributed by atoms with Gasteiger partial charge in [-0.1, -0.05) is 105 Å². The molecular weight excluding hydrogens is 843 g/mol. The molecule has 332 valence electrons. The molecule has 0 spiro atoms. The number of rotatable bonds is 12. The summed E-state index contributed by atoms with van der Waals surface area (Å²) in [5.41, 5.74) is 2.04. The number of hydrogen-bond acceptors (Lipinski definition) is 10. The van der Waals surface area contributed by atoms with Gasteiger partial charge in [-0.3, -0.25) is 4.18 Å². The average Bonchev–Trinajstić information content (AvgIpc) is 4.10. The summed E-state index contributed by atoms with van der Waals surface area (Å²) in [7, 11) is -2.09. The van der Waals surface area contributed by atoms with Crippen molar-refractivity contribution in [2.24, 2.45) is 47.3 Å². The Morgan fingerprint density at radius 1 is 0.590 bits per heavy atom. The van der Waals surface area contributed by atoms with Gasteiger partial charge in [0.1, 0.15) is 0 Å². The second-order valence-electron chi connectivity index (χ2n) is 15.5. The molecule has 4 aliphatic rings. The molecule has 0 aromatic heterocycles. The number of halogens is 1. The SMILES string of the molecule is CCC1C=CC(CC#N)C1.CCC1C=CC(CO)C1.CCC1C=CC(COS(=O)(=O)c2ccc(C)cc2)C1.Cc1ccc(S(=O)(=O)Cl)cc1.OCC1C=CC(CO)C1.[C-]#N.[Na+]. The summed E-state index contributed by atoms with van der Waals surface area (Å²) < 4.78 is 50.6. The number of nitrogens with zero attached hydrogens (tertiary/aromatic N) is 2. The Balaban J connectivity index is 0.000000753. The van der Waals surface area contributed by atoms with Crippen LogP contribution in [0.5, 0.6) is 0 Å². The summed E-state index contributed by atoms with van der Waals surface area (Å²) in [5, 5.41) is 40.7. The fraction of sp³-hybridized carbons (Fsp3) is 0.532. The van der Waals surface area contributed by atoms with Crippen LogP contribution in [0.2, 0.25) is 0 Å². The van der Waals surface area contributed by atoms with Gasteiger partial charge >= 0.3 is 29.6 Å². The molecular formula is C47H66ClN2NaO8S2. The van der Waals surface area contributed by atoms with E-state index in [0.29, 0.717) is 42.6 Å². The Hall–Kier alpha value is -2.59. The summed E-state index contributed by atoms with van der Waals surface area (Å²) in [6.45, 7) is 16.1. The molecule has 8 unspecified atom stereocenters. The largest absolute Gasteiger partial charge is 1.00 e. The van der Waals surface area contributed by atoms with Gasteiger partial charge in [0.25, 0.3) is 19.2 Å². The Bertz CT molecular complexity index is 1860. The van der Waals surface area contributed by atoms with Gasteiger partial charge in [-0.15, -0.1) is 0 Å². The molecule has 0 bridgehead atoms. The van der Waals surface area contributed by atoms with Crippen LogP contribution in [0, 0.1) is 84.4 Å². The molecule has 14 heteroatoms. The van der Waals surface area contributed by atoms with Crippen molar-refractivity contribution in [2.75, 3.05) is 26.4 Å². The number of nitriles is 1. The summed E-state index contributed by atoms with van der Waals surface area (Å²) in [4.78, 5) is 0.372. The molecule has 0 heterocycles. The van der Waals surface area contributed by atoms with Gasteiger partial charge in [0.05, 0.1) is 22.5 Å². The van der Waals surface area contributed by atoms with Crippen molar-refractivity contribution < 1.29 is 65.9 Å². The van der Waals surface area contributed by atoms with E-state index in [4.69, 9.17) is 47.3 Å². The number of allylic oxidation sites excluding steroid dienone is 4. The maximum atomic E-state index is 12.0. The van der Waals surface area contributed by atoms with E-state index in [-0.39, 0.29) is 65.1 Å². The zero-order valence-corrected chi connectivity index (χ0v) is 41.2. The number of aliphatic hydroxyl groups excluding tert-OH is 3. The molecule has 61 heavy (non-hydrogen) atoms. The molecule has 8 atom stereocenters. The van der Waals surface area contributed by atoms with Crippen LogP contribution in [0.3, 0.4) is 0 Å². The van der Waals surface area contributed by atoms with E-state index in [0.717, 1.165) is 48.6 Å². The molecule has 0 aliphatic heterocycles. The fourth-order valence-corrected chi connectivity index (χ4v) is 8.53. The predicted molar refractivity (Wildman–Crippen MR) is 239 cm³/mol. The second-order valence-corrected chi connectivity index (χ2v) is 19.7. The molecule has 0 saturated carbocycles. The normalized spacial score (nSPS) is 24.1. The molecule has 0 amide bonds. The van der Waals surface area contributed by atoms with Crippen LogP contribution in [0.15, 0.2) is 107 Å². The molecule has 2 aromatic rings. The van der Waals surface area contributed by atoms with Gasteiger partial charge in [0.2, 0.25) is 0 Å². The van der Waals surface area contributed by atoms with Gasteiger partial charge in [-0.25, -0.2) is 8.42 Å². The molecule has 0 saturated heterocycles. The third kappa shape index (κ3) is 23.6. The van der Waals surface area contributed by atoms with Crippen LogP contribution in [-0.2, 0) is 23.4 Å². The van der Waals surface area contributed by atoms with E-state index in [1.54, 1.807) is 36.4 Å². The van der Waals surface area contributed by atoms with Crippen LogP contribution in [0.4, 0.5) is 0 Å². The van der Waals surface area contributed by atoms with Crippen LogP contribution < -0.4 is 29.6 Å². The van der Waals surface area contributed by atoms with Crippen molar-refractivity contribution in [2.45, 2.75) is 95.8 Å². The average molecular weight is 910 g/mol. The Morgan fingerprint density at radius 2 is 0.902 bits per heavy atom. The topological polar surface area (TPSA) is 186 Å². The van der Waals surface area contributed by atoms with E-state index in [2.05, 4.69) is 63.3 Å². The first-order chi connectivity index (χ1) is 28.6. The Labute approximate surface area is 393 Å². The molecule has 10 nitrogen and oxygen atoms in total. The van der Waals surface area contributed by atoms with Crippen LogP contribution in [0.1, 0.15) is 83.3 Å². The van der Waals surface area contributed by atoms with Crippen molar-refractivity contribution in [1.82, 2.24) is 0 Å². The van der Waals surface area contributed by atoms with Gasteiger partial charge < -0.3 is 27.2 Å². The minimum Gasteiger partial charge on any atom is -0.512 e. The molecule has 3 N–H and O–H groups in total. The van der Waals surface area contributed by atoms with E-state index < -0.39 is 19.2 Å². The van der Waals surface area contributed by atoms with E-state index in [1.807, 2.05) is 26.0 Å². The Morgan fingerprint density at radius 3 is 1.23 bits per heavy atom. The first-order valence-corrected chi connectivity index (χ1v) is 24.4. The van der Waals surface area contributed by atoms with Gasteiger partial charge in [-0.05, 0) is 107 Å². The Kier molecular flexibility index (Phi) is 30.8. The van der Waals surface area contributed by atoms with Crippen LogP contribution in [-0.4, -0.2) is 58.6 Å². The van der Waals surface area contributed by atoms with Gasteiger partial charge in [0, 0.05) is 60.6 Å². The maximum absolute atomic E-state index is 12.0. The molecule has 0 fully saturated rings. The number of hydrogen-bond donors (Lipinski definition) is 3. The quantitative estimate of drug-likeness (QED) is 0.0692. The minimum absolute atomic E-state index is 0. The number of aliphatic hydroxyl groups is 3. The van der Waals surface area contributed by atoms with Crippen molar-refractivity contribution >= 4 is 29.9 Å². The summed E-state index contributed by atoms with van der Waals surface area (Å²) in [5.74, 6) is 3.86. The minimum atomic E-state index is -3.62. The number of aryl methyl sites for hydroxylation is 2. The zero-order valence-electron chi connectivity index (χ0n) is 36.8. The fourth-order valence-electron chi connectivity index (χ4n) is 6.80. The van der Waals surface area contributed by atoms with Crippen molar-refractivity contribution in [1.29, 1.82) is 10.5 Å². The molecule has 0 radical (unpaired) electrons. The van der Waals surface area contributed by atoms with E-state index >= 15 is 0 Å². The van der Waals surface area contributed by atoms with Crippen LogP contribution >= 0.6 is 10.7 Å². The van der Waals surface area contributed by atoms with Crippen molar-refractivity contribution in [3.63, 3.8) is 0 Å². The first kappa shape index (κ1) is 58.4. The molecule has 4 aliphatic carbocycles. The first-order valence-electron chi connectivity index (χ1n) is 20.7. The molecule has 6 rings (SSSR count). The third-order valence-corrected chi connectivity index (χ3v) is 13.4. The summed E-state index contributed by atoms with van der Waals surface area (Å²) in [6, 6.07) is 15.3.